The van der Waals surface area contributed by atoms with Crippen LogP contribution in [0.4, 0.5) is 8.78 Å². The van der Waals surface area contributed by atoms with E-state index in [1.54, 1.807) is 26.0 Å². The van der Waals surface area contributed by atoms with Crippen LogP contribution in [0.1, 0.15) is 31.4 Å². The number of rotatable bonds is 11. The molecule has 0 radical (unpaired) electrons. The lowest BCUT2D eigenvalue weighted by atomic mass is 9.80. The smallest absolute Gasteiger partial charge is 0.344 e. The van der Waals surface area contributed by atoms with Crippen LogP contribution in [-0.4, -0.2) is 39.1 Å². The van der Waals surface area contributed by atoms with E-state index in [0.717, 1.165) is 17.7 Å². The Morgan fingerprint density at radius 3 is 2.65 bits per heavy atom. The highest BCUT2D eigenvalue weighted by Gasteiger charge is 2.38. The molecule has 7 nitrogen and oxygen atoms in total. The summed E-state index contributed by atoms with van der Waals surface area (Å²) in [4.78, 5) is 15.3. The van der Waals surface area contributed by atoms with E-state index in [1.165, 1.54) is 23.4 Å². The molecule has 0 saturated heterocycles. The normalized spacial score (nSPS) is 14.0. The second kappa shape index (κ2) is 11.5. The summed E-state index contributed by atoms with van der Waals surface area (Å²) in [6.07, 6.45) is 6.89. The lowest BCUT2D eigenvalue weighted by Gasteiger charge is -2.34. The summed E-state index contributed by atoms with van der Waals surface area (Å²) in [5, 5.41) is 15.5. The maximum Gasteiger partial charge on any atom is 0.344 e. The molecule has 0 aliphatic rings. The molecule has 3 aromatic rings. The van der Waals surface area contributed by atoms with Gasteiger partial charge in [0.15, 0.2) is 6.61 Å². The second-order valence-corrected chi connectivity index (χ2v) is 7.84. The average Bonchev–Trinajstić information content (AvgIpc) is 3.31. The molecule has 180 valence electrons. The van der Waals surface area contributed by atoms with E-state index in [4.69, 9.17) is 9.47 Å². The first kappa shape index (κ1) is 25.0. The van der Waals surface area contributed by atoms with E-state index >= 15 is 0 Å². The first-order chi connectivity index (χ1) is 16.3. The molecule has 0 spiro atoms. The van der Waals surface area contributed by atoms with Crippen molar-refractivity contribution in [3.8, 4) is 5.75 Å². The van der Waals surface area contributed by atoms with Crippen LogP contribution in [0.3, 0.4) is 0 Å². The fourth-order valence-corrected chi connectivity index (χ4v) is 3.53. The highest BCUT2D eigenvalue weighted by Crippen LogP contribution is 2.35. The van der Waals surface area contributed by atoms with Gasteiger partial charge in [-0.15, -0.1) is 0 Å². The minimum absolute atomic E-state index is 0.00611. The lowest BCUT2D eigenvalue weighted by molar-refractivity contribution is -0.145. The molecule has 2 aromatic carbocycles. The summed E-state index contributed by atoms with van der Waals surface area (Å²) >= 11 is 0. The number of aromatic nitrogens is 3. The number of benzene rings is 2. The van der Waals surface area contributed by atoms with Gasteiger partial charge in [-0.3, -0.25) is 0 Å². The van der Waals surface area contributed by atoms with Crippen molar-refractivity contribution in [2.24, 2.45) is 5.92 Å². The van der Waals surface area contributed by atoms with Gasteiger partial charge in [-0.1, -0.05) is 37.3 Å². The van der Waals surface area contributed by atoms with Crippen LogP contribution >= 0.6 is 0 Å². The fraction of sp³-hybridized carbons (Fsp3) is 0.320. The van der Waals surface area contributed by atoms with Gasteiger partial charge >= 0.3 is 5.97 Å². The Labute approximate surface area is 196 Å². The number of nitrogens with zero attached hydrogens (tertiary/aromatic N) is 3. The van der Waals surface area contributed by atoms with Crippen LogP contribution in [0, 0.1) is 17.6 Å². The molecule has 0 unspecified atom stereocenters. The van der Waals surface area contributed by atoms with Crippen molar-refractivity contribution in [3.05, 3.63) is 84.0 Å². The molecule has 3 rings (SSSR count). The number of hydrogen-bond donors (Lipinski definition) is 1. The number of aliphatic hydroxyl groups is 1. The number of carbonyl (C=O) groups excluding carboxylic acids is 1. The maximum absolute atomic E-state index is 14.6. The average molecular weight is 472 g/mol. The van der Waals surface area contributed by atoms with Crippen molar-refractivity contribution in [1.29, 1.82) is 0 Å². The summed E-state index contributed by atoms with van der Waals surface area (Å²) in [7, 11) is 0. The first-order valence-electron chi connectivity index (χ1n) is 10.9. The Balaban J connectivity index is 1.69. The predicted molar refractivity (Wildman–Crippen MR) is 122 cm³/mol. The predicted octanol–water partition coefficient (Wildman–Crippen LogP) is 4.13. The van der Waals surface area contributed by atoms with E-state index in [9.17, 15) is 18.7 Å². The SMILES string of the molecule is CCOC(=O)COc1ccc(/C=C/C[C@H](C)[C@](O)(Cn2cncn2)c2ccc(F)cc2F)cc1. The Morgan fingerprint density at radius 2 is 2.00 bits per heavy atom. The molecule has 0 fully saturated rings. The topological polar surface area (TPSA) is 86.5 Å². The lowest BCUT2D eigenvalue weighted by Crippen LogP contribution is -2.39. The number of carbonyl (C=O) groups is 1. The quantitative estimate of drug-likeness (QED) is 0.424. The minimum atomic E-state index is -1.65. The Bertz CT molecular complexity index is 1100. The van der Waals surface area contributed by atoms with Crippen LogP contribution in [0.2, 0.25) is 0 Å². The monoisotopic (exact) mass is 471 g/mol. The molecule has 1 heterocycles. The van der Waals surface area contributed by atoms with Gasteiger partial charge in [0, 0.05) is 11.6 Å². The number of hydrogen-bond acceptors (Lipinski definition) is 6. The van der Waals surface area contributed by atoms with Crippen molar-refractivity contribution in [2.45, 2.75) is 32.4 Å². The molecule has 2 atom stereocenters. The molecule has 1 N–H and O–H groups in total. The minimum Gasteiger partial charge on any atom is -0.482 e. The van der Waals surface area contributed by atoms with E-state index in [0.29, 0.717) is 18.8 Å². The van der Waals surface area contributed by atoms with Crippen molar-refractivity contribution >= 4 is 12.0 Å². The van der Waals surface area contributed by atoms with Crippen molar-refractivity contribution in [1.82, 2.24) is 14.8 Å². The van der Waals surface area contributed by atoms with E-state index in [2.05, 4.69) is 10.1 Å². The summed E-state index contributed by atoms with van der Waals surface area (Å²) in [6.45, 7) is 3.61. The standard InChI is InChI=1S/C25H27F2N3O4/c1-3-33-24(31)14-34-21-10-7-19(8-11-21)6-4-5-18(2)25(32,15-30-17-28-16-29-30)22-12-9-20(26)13-23(22)27/h4,6-13,16-18,32H,3,5,14-15H2,1-2H3/b6-4+/t18-,25+/m0/s1. The summed E-state index contributed by atoms with van der Waals surface area (Å²) in [5.74, 6) is -1.88. The molecule has 0 amide bonds. The maximum atomic E-state index is 14.6. The van der Waals surface area contributed by atoms with Gasteiger partial charge in [0.05, 0.1) is 13.2 Å². The molecular weight excluding hydrogens is 444 g/mol. The molecular formula is C25H27F2N3O4. The third-order valence-corrected chi connectivity index (χ3v) is 5.42. The zero-order valence-electron chi connectivity index (χ0n) is 19.0. The van der Waals surface area contributed by atoms with Crippen molar-refractivity contribution < 1.29 is 28.2 Å². The molecule has 0 saturated carbocycles. The van der Waals surface area contributed by atoms with Gasteiger partial charge in [0.25, 0.3) is 0 Å². The van der Waals surface area contributed by atoms with Gasteiger partial charge in [0.2, 0.25) is 0 Å². The molecule has 1 aromatic heterocycles. The third kappa shape index (κ3) is 6.48. The summed E-state index contributed by atoms with van der Waals surface area (Å²) in [5.41, 5.74) is -0.780. The van der Waals surface area contributed by atoms with Gasteiger partial charge in [-0.25, -0.2) is 23.2 Å². The van der Waals surface area contributed by atoms with Gasteiger partial charge < -0.3 is 14.6 Å². The van der Waals surface area contributed by atoms with Crippen LogP contribution in [0.25, 0.3) is 6.08 Å². The summed E-state index contributed by atoms with van der Waals surface area (Å²) < 4.78 is 39.7. The fourth-order valence-electron chi connectivity index (χ4n) is 3.53. The Kier molecular flexibility index (Phi) is 8.48. The highest BCUT2D eigenvalue weighted by atomic mass is 19.1. The molecule has 0 aliphatic carbocycles. The number of ether oxygens (including phenoxy) is 2. The Morgan fingerprint density at radius 1 is 1.24 bits per heavy atom. The van der Waals surface area contributed by atoms with Crippen LogP contribution in [0.15, 0.2) is 61.2 Å². The first-order valence-corrected chi connectivity index (χ1v) is 10.9. The number of esters is 1. The van der Waals surface area contributed by atoms with Crippen LogP contribution in [-0.2, 0) is 21.7 Å². The largest absolute Gasteiger partial charge is 0.482 e. The van der Waals surface area contributed by atoms with E-state index in [-0.39, 0.29) is 18.7 Å². The highest BCUT2D eigenvalue weighted by molar-refractivity contribution is 5.71. The van der Waals surface area contributed by atoms with Gasteiger partial charge in [-0.2, -0.15) is 5.10 Å². The molecule has 9 heteroatoms. The van der Waals surface area contributed by atoms with Crippen LogP contribution < -0.4 is 4.74 Å². The van der Waals surface area contributed by atoms with Gasteiger partial charge in [-0.05, 0) is 43.0 Å². The number of allylic oxidation sites excluding steroid dienone is 1. The summed E-state index contributed by atoms with van der Waals surface area (Å²) in [6, 6.07) is 10.3. The molecule has 0 aliphatic heterocycles. The van der Waals surface area contributed by atoms with Crippen molar-refractivity contribution in [3.63, 3.8) is 0 Å². The van der Waals surface area contributed by atoms with Crippen molar-refractivity contribution in [2.75, 3.05) is 13.2 Å². The van der Waals surface area contributed by atoms with Gasteiger partial charge in [0.1, 0.15) is 35.6 Å². The number of halogens is 2. The second-order valence-electron chi connectivity index (χ2n) is 7.84. The van der Waals surface area contributed by atoms with E-state index in [1.807, 2.05) is 24.3 Å². The molecule has 0 bridgehead atoms. The zero-order valence-corrected chi connectivity index (χ0v) is 19.0. The Hall–Kier alpha value is -3.59. The molecule has 34 heavy (non-hydrogen) atoms. The zero-order chi connectivity index (χ0) is 24.6. The van der Waals surface area contributed by atoms with E-state index < -0.39 is 29.1 Å². The third-order valence-electron chi connectivity index (χ3n) is 5.42. The van der Waals surface area contributed by atoms with Crippen LogP contribution in [0.5, 0.6) is 5.75 Å².